The summed E-state index contributed by atoms with van der Waals surface area (Å²) in [6, 6.07) is 5.06. The Morgan fingerprint density at radius 2 is 2.27 bits per heavy atom. The van der Waals surface area contributed by atoms with Crippen molar-refractivity contribution in [3.05, 3.63) is 29.3 Å². The Morgan fingerprint density at radius 3 is 2.80 bits per heavy atom. The van der Waals surface area contributed by atoms with Gasteiger partial charge in [-0.2, -0.15) is 0 Å². The topological polar surface area (TPSA) is 55.8 Å². The van der Waals surface area contributed by atoms with E-state index in [0.29, 0.717) is 19.0 Å². The van der Waals surface area contributed by atoms with Crippen LogP contribution in [0.2, 0.25) is 0 Å². The molecule has 0 bridgehead atoms. The van der Waals surface area contributed by atoms with Crippen LogP contribution in [0.1, 0.15) is 15.9 Å². The lowest BCUT2D eigenvalue weighted by Gasteiger charge is -2.27. The predicted molar refractivity (Wildman–Crippen MR) is 53.4 cm³/mol. The van der Waals surface area contributed by atoms with E-state index >= 15 is 0 Å². The molecule has 1 aliphatic heterocycles. The minimum Gasteiger partial charge on any atom is -0.485 e. The van der Waals surface area contributed by atoms with Crippen molar-refractivity contribution in [3.8, 4) is 5.75 Å². The molecule has 1 N–H and O–H groups in total. The summed E-state index contributed by atoms with van der Waals surface area (Å²) in [4.78, 5) is 10.9. The number of carboxylic acid groups (broad SMARTS) is 1. The molecule has 15 heavy (non-hydrogen) atoms. The maximum atomic E-state index is 10.9. The molecule has 80 valence electrons. The molecule has 0 spiro atoms. The highest BCUT2D eigenvalue weighted by atomic mass is 16.6. The SMILES string of the molecule is Cc1ccc(C(=O)O)c(OC2COC2)c1. The highest BCUT2D eigenvalue weighted by Crippen LogP contribution is 2.23. The fourth-order valence-corrected chi connectivity index (χ4v) is 1.37. The fourth-order valence-electron chi connectivity index (χ4n) is 1.37. The van der Waals surface area contributed by atoms with Gasteiger partial charge in [0.15, 0.2) is 0 Å². The molecule has 0 saturated carbocycles. The highest BCUT2D eigenvalue weighted by molar-refractivity contribution is 5.91. The van der Waals surface area contributed by atoms with Gasteiger partial charge >= 0.3 is 5.97 Å². The van der Waals surface area contributed by atoms with Crippen molar-refractivity contribution in [1.29, 1.82) is 0 Å². The first-order valence-corrected chi connectivity index (χ1v) is 4.75. The molecule has 4 nitrogen and oxygen atoms in total. The van der Waals surface area contributed by atoms with Gasteiger partial charge < -0.3 is 14.6 Å². The van der Waals surface area contributed by atoms with Crippen LogP contribution in [-0.4, -0.2) is 30.4 Å². The Hall–Kier alpha value is -1.55. The quantitative estimate of drug-likeness (QED) is 0.817. The molecule has 0 unspecified atom stereocenters. The fraction of sp³-hybridized carbons (Fsp3) is 0.364. The lowest BCUT2D eigenvalue weighted by atomic mass is 10.1. The Morgan fingerprint density at radius 1 is 1.53 bits per heavy atom. The van der Waals surface area contributed by atoms with E-state index in [9.17, 15) is 4.79 Å². The Balaban J connectivity index is 2.24. The van der Waals surface area contributed by atoms with E-state index in [1.807, 2.05) is 6.92 Å². The lowest BCUT2D eigenvalue weighted by Crippen LogP contribution is -2.38. The average molecular weight is 208 g/mol. The second-order valence-corrected chi connectivity index (χ2v) is 3.58. The largest absolute Gasteiger partial charge is 0.485 e. The first-order chi connectivity index (χ1) is 7.16. The number of rotatable bonds is 3. The van der Waals surface area contributed by atoms with Crippen LogP contribution in [0, 0.1) is 6.92 Å². The summed E-state index contributed by atoms with van der Waals surface area (Å²) >= 11 is 0. The molecule has 1 aliphatic rings. The molecule has 0 aliphatic carbocycles. The molecule has 0 aromatic heterocycles. The summed E-state index contributed by atoms with van der Waals surface area (Å²) in [5, 5.41) is 8.95. The molecule has 0 amide bonds. The third kappa shape index (κ3) is 2.10. The summed E-state index contributed by atoms with van der Waals surface area (Å²) < 4.78 is 10.5. The second kappa shape index (κ2) is 3.90. The zero-order valence-electron chi connectivity index (χ0n) is 8.40. The normalized spacial score (nSPS) is 15.8. The van der Waals surface area contributed by atoms with Gasteiger partial charge in [-0.1, -0.05) is 6.07 Å². The van der Waals surface area contributed by atoms with Gasteiger partial charge in [0.1, 0.15) is 17.4 Å². The van der Waals surface area contributed by atoms with Crippen molar-refractivity contribution < 1.29 is 19.4 Å². The van der Waals surface area contributed by atoms with E-state index in [1.165, 1.54) is 0 Å². The summed E-state index contributed by atoms with van der Waals surface area (Å²) in [6.07, 6.45) is -0.00935. The van der Waals surface area contributed by atoms with E-state index in [4.69, 9.17) is 14.6 Å². The number of hydrogen-bond donors (Lipinski definition) is 1. The molecule has 4 heteroatoms. The summed E-state index contributed by atoms with van der Waals surface area (Å²) in [5.41, 5.74) is 1.18. The number of aromatic carboxylic acids is 1. The molecule has 0 atom stereocenters. The standard InChI is InChI=1S/C11H12O4/c1-7-2-3-9(11(12)13)10(4-7)15-8-5-14-6-8/h2-4,8H,5-6H2,1H3,(H,12,13). The lowest BCUT2D eigenvalue weighted by molar-refractivity contribution is -0.0799. The predicted octanol–water partition coefficient (Wildman–Crippen LogP) is 1.47. The number of ether oxygens (including phenoxy) is 2. The first kappa shape index (κ1) is 9.98. The zero-order valence-corrected chi connectivity index (χ0v) is 8.40. The van der Waals surface area contributed by atoms with E-state index in [0.717, 1.165) is 5.56 Å². The molecule has 1 aromatic carbocycles. The van der Waals surface area contributed by atoms with Crippen LogP contribution in [0.25, 0.3) is 0 Å². The molecule has 1 saturated heterocycles. The number of benzene rings is 1. The van der Waals surface area contributed by atoms with Crippen LogP contribution < -0.4 is 4.74 Å². The van der Waals surface area contributed by atoms with Crippen LogP contribution in [0.3, 0.4) is 0 Å². The van der Waals surface area contributed by atoms with Crippen LogP contribution in [0.4, 0.5) is 0 Å². The number of aryl methyl sites for hydroxylation is 1. The Kier molecular flexibility index (Phi) is 2.60. The van der Waals surface area contributed by atoms with E-state index in [2.05, 4.69) is 0 Å². The molecular weight excluding hydrogens is 196 g/mol. The molecule has 1 aromatic rings. The van der Waals surface area contributed by atoms with E-state index in [1.54, 1.807) is 18.2 Å². The smallest absolute Gasteiger partial charge is 0.339 e. The minimum absolute atomic E-state index is 0.00935. The van der Waals surface area contributed by atoms with Crippen molar-refractivity contribution in [2.24, 2.45) is 0 Å². The Bertz CT molecular complexity index is 382. The van der Waals surface area contributed by atoms with Crippen molar-refractivity contribution in [1.82, 2.24) is 0 Å². The van der Waals surface area contributed by atoms with Crippen LogP contribution in [0.15, 0.2) is 18.2 Å². The van der Waals surface area contributed by atoms with E-state index < -0.39 is 5.97 Å². The third-order valence-corrected chi connectivity index (χ3v) is 2.27. The molecule has 1 fully saturated rings. The van der Waals surface area contributed by atoms with Gasteiger partial charge in [-0.05, 0) is 24.6 Å². The summed E-state index contributed by atoms with van der Waals surface area (Å²) in [6.45, 7) is 2.97. The van der Waals surface area contributed by atoms with Gasteiger partial charge in [-0.25, -0.2) is 4.79 Å². The average Bonchev–Trinajstić information content (AvgIpc) is 2.11. The molecule has 2 rings (SSSR count). The third-order valence-electron chi connectivity index (χ3n) is 2.27. The summed E-state index contributed by atoms with van der Waals surface area (Å²) in [7, 11) is 0. The first-order valence-electron chi connectivity index (χ1n) is 4.75. The minimum atomic E-state index is -0.967. The number of hydrogen-bond acceptors (Lipinski definition) is 3. The maximum Gasteiger partial charge on any atom is 0.339 e. The van der Waals surface area contributed by atoms with Gasteiger partial charge in [0.2, 0.25) is 0 Å². The van der Waals surface area contributed by atoms with Crippen molar-refractivity contribution >= 4 is 5.97 Å². The van der Waals surface area contributed by atoms with Gasteiger partial charge in [-0.3, -0.25) is 0 Å². The van der Waals surface area contributed by atoms with Crippen LogP contribution in [0.5, 0.6) is 5.75 Å². The molecular formula is C11H12O4. The van der Waals surface area contributed by atoms with Gasteiger partial charge in [0, 0.05) is 0 Å². The second-order valence-electron chi connectivity index (χ2n) is 3.58. The molecule has 1 heterocycles. The van der Waals surface area contributed by atoms with Gasteiger partial charge in [-0.15, -0.1) is 0 Å². The summed E-state index contributed by atoms with van der Waals surface area (Å²) in [5.74, 6) is -0.541. The van der Waals surface area contributed by atoms with Gasteiger partial charge in [0.25, 0.3) is 0 Å². The van der Waals surface area contributed by atoms with Crippen LogP contribution >= 0.6 is 0 Å². The number of carboxylic acids is 1. The Labute approximate surface area is 87.4 Å². The van der Waals surface area contributed by atoms with E-state index in [-0.39, 0.29) is 11.7 Å². The van der Waals surface area contributed by atoms with Crippen molar-refractivity contribution in [2.75, 3.05) is 13.2 Å². The van der Waals surface area contributed by atoms with Gasteiger partial charge in [0.05, 0.1) is 13.2 Å². The maximum absolute atomic E-state index is 10.9. The monoisotopic (exact) mass is 208 g/mol. The van der Waals surface area contributed by atoms with Crippen molar-refractivity contribution in [2.45, 2.75) is 13.0 Å². The zero-order chi connectivity index (χ0) is 10.8. The number of carbonyl (C=O) groups is 1. The molecule has 0 radical (unpaired) electrons. The van der Waals surface area contributed by atoms with Crippen LogP contribution in [-0.2, 0) is 4.74 Å². The highest BCUT2D eigenvalue weighted by Gasteiger charge is 2.22. The van der Waals surface area contributed by atoms with Crippen molar-refractivity contribution in [3.63, 3.8) is 0 Å².